The molecule has 0 radical (unpaired) electrons. The molecule has 0 atom stereocenters. The summed E-state index contributed by atoms with van der Waals surface area (Å²) in [7, 11) is 3.09. The van der Waals surface area contributed by atoms with Gasteiger partial charge in [-0.3, -0.25) is 4.79 Å². The van der Waals surface area contributed by atoms with Crippen LogP contribution in [0, 0.1) is 0 Å². The van der Waals surface area contributed by atoms with Crippen LogP contribution in [-0.2, 0) is 13.0 Å². The maximum atomic E-state index is 12.9. The minimum atomic E-state index is 0.0326. The van der Waals surface area contributed by atoms with Crippen LogP contribution >= 0.6 is 0 Å². The molecule has 6 heteroatoms. The number of nitrogens with zero attached hydrogens (tertiary/aromatic N) is 3. The largest absolute Gasteiger partial charge is 0.481 e. The highest BCUT2D eigenvalue weighted by Gasteiger charge is 2.21. The molecule has 0 saturated carbocycles. The van der Waals surface area contributed by atoms with Crippen molar-refractivity contribution in [1.29, 1.82) is 0 Å². The zero-order valence-corrected chi connectivity index (χ0v) is 15.9. The molecule has 6 nitrogen and oxygen atoms in total. The Balaban J connectivity index is 1.55. The molecule has 28 heavy (non-hydrogen) atoms. The van der Waals surface area contributed by atoms with E-state index in [9.17, 15) is 4.79 Å². The van der Waals surface area contributed by atoms with Gasteiger partial charge in [-0.2, -0.15) is 9.97 Å². The smallest absolute Gasteiger partial charge is 0.254 e. The minimum Gasteiger partial charge on any atom is -0.481 e. The first-order valence-electron chi connectivity index (χ1n) is 9.11. The molecule has 1 amide bonds. The van der Waals surface area contributed by atoms with Gasteiger partial charge >= 0.3 is 0 Å². The van der Waals surface area contributed by atoms with Gasteiger partial charge in [0.15, 0.2) is 5.82 Å². The lowest BCUT2D eigenvalue weighted by atomic mass is 9.99. The molecule has 1 aliphatic rings. The lowest BCUT2D eigenvalue weighted by Crippen LogP contribution is -2.35. The molecule has 1 aromatic heterocycles. The molecule has 0 aliphatic carbocycles. The predicted molar refractivity (Wildman–Crippen MR) is 105 cm³/mol. The van der Waals surface area contributed by atoms with E-state index in [0.717, 1.165) is 18.5 Å². The van der Waals surface area contributed by atoms with Crippen molar-refractivity contribution >= 4 is 5.91 Å². The van der Waals surface area contributed by atoms with Gasteiger partial charge in [0.25, 0.3) is 5.91 Å². The molecule has 0 saturated heterocycles. The Kier molecular flexibility index (Phi) is 4.93. The molecule has 2 aromatic carbocycles. The fourth-order valence-corrected chi connectivity index (χ4v) is 3.36. The molecule has 0 fully saturated rings. The standard InChI is InChI=1S/C22H21N3O3/c1-27-19-13-20(28-2)24-21(23-19)16-7-9-17(10-8-16)22(26)25-12-11-15-5-3-4-6-18(15)14-25/h3-10,13H,11-12,14H2,1-2H3. The molecular weight excluding hydrogens is 354 g/mol. The molecular formula is C22H21N3O3. The quantitative estimate of drug-likeness (QED) is 0.700. The molecule has 0 bridgehead atoms. The zero-order valence-electron chi connectivity index (χ0n) is 15.9. The Labute approximate surface area is 163 Å². The number of rotatable bonds is 4. The predicted octanol–water partition coefficient (Wildman–Crippen LogP) is 3.36. The molecule has 1 aliphatic heterocycles. The van der Waals surface area contributed by atoms with Crippen molar-refractivity contribution < 1.29 is 14.3 Å². The van der Waals surface area contributed by atoms with Crippen molar-refractivity contribution in [2.75, 3.05) is 20.8 Å². The van der Waals surface area contributed by atoms with Gasteiger partial charge in [0.1, 0.15) is 0 Å². The SMILES string of the molecule is COc1cc(OC)nc(-c2ccc(C(=O)N3CCc4ccccc4C3)cc2)n1. The van der Waals surface area contributed by atoms with Crippen molar-refractivity contribution in [2.45, 2.75) is 13.0 Å². The van der Waals surface area contributed by atoms with E-state index in [0.29, 0.717) is 29.7 Å². The Morgan fingerprint density at radius 2 is 1.57 bits per heavy atom. The van der Waals surface area contributed by atoms with Crippen LogP contribution in [0.5, 0.6) is 11.8 Å². The highest BCUT2D eigenvalue weighted by Crippen LogP contribution is 2.24. The fraction of sp³-hybridized carbons (Fsp3) is 0.227. The van der Waals surface area contributed by atoms with Crippen LogP contribution in [0.1, 0.15) is 21.5 Å². The summed E-state index contributed by atoms with van der Waals surface area (Å²) < 4.78 is 10.4. The van der Waals surface area contributed by atoms with Crippen molar-refractivity contribution in [1.82, 2.24) is 14.9 Å². The lowest BCUT2D eigenvalue weighted by Gasteiger charge is -2.29. The maximum Gasteiger partial charge on any atom is 0.254 e. The van der Waals surface area contributed by atoms with Gasteiger partial charge in [0, 0.05) is 24.2 Å². The number of hydrogen-bond donors (Lipinski definition) is 0. The summed E-state index contributed by atoms with van der Waals surface area (Å²) in [6, 6.07) is 17.2. The number of ether oxygens (including phenoxy) is 2. The number of carbonyl (C=O) groups excluding carboxylic acids is 1. The Bertz CT molecular complexity index is 980. The average Bonchev–Trinajstić information content (AvgIpc) is 2.78. The molecule has 0 unspecified atom stereocenters. The number of aromatic nitrogens is 2. The van der Waals surface area contributed by atoms with Gasteiger partial charge < -0.3 is 14.4 Å². The van der Waals surface area contributed by atoms with Crippen molar-refractivity contribution in [2.24, 2.45) is 0 Å². The van der Waals surface area contributed by atoms with Gasteiger partial charge in [0.05, 0.1) is 20.3 Å². The summed E-state index contributed by atoms with van der Waals surface area (Å²) in [5.74, 6) is 1.37. The van der Waals surface area contributed by atoms with Gasteiger partial charge in [-0.05, 0) is 29.7 Å². The molecule has 0 spiro atoms. The van der Waals surface area contributed by atoms with Gasteiger partial charge in [-0.1, -0.05) is 36.4 Å². The second-order valence-corrected chi connectivity index (χ2v) is 6.60. The van der Waals surface area contributed by atoms with E-state index in [4.69, 9.17) is 9.47 Å². The summed E-state index contributed by atoms with van der Waals surface area (Å²) in [6.07, 6.45) is 0.886. The second-order valence-electron chi connectivity index (χ2n) is 6.60. The van der Waals surface area contributed by atoms with Gasteiger partial charge in [-0.25, -0.2) is 0 Å². The Morgan fingerprint density at radius 1 is 0.929 bits per heavy atom. The van der Waals surface area contributed by atoms with E-state index in [1.165, 1.54) is 11.1 Å². The van der Waals surface area contributed by atoms with Crippen LogP contribution in [0.2, 0.25) is 0 Å². The van der Waals surface area contributed by atoms with Crippen LogP contribution in [0.25, 0.3) is 11.4 Å². The van der Waals surface area contributed by atoms with E-state index in [1.54, 1.807) is 20.3 Å². The van der Waals surface area contributed by atoms with Crippen LogP contribution < -0.4 is 9.47 Å². The van der Waals surface area contributed by atoms with E-state index in [-0.39, 0.29) is 5.91 Å². The number of fused-ring (bicyclic) bond motifs is 1. The fourth-order valence-electron chi connectivity index (χ4n) is 3.36. The molecule has 142 valence electrons. The van der Waals surface area contributed by atoms with Crippen molar-refractivity contribution in [3.8, 4) is 23.1 Å². The van der Waals surface area contributed by atoms with E-state index >= 15 is 0 Å². The monoisotopic (exact) mass is 375 g/mol. The number of benzene rings is 2. The van der Waals surface area contributed by atoms with Crippen molar-refractivity contribution in [3.05, 3.63) is 71.3 Å². The summed E-state index contributed by atoms with van der Waals surface area (Å²) in [5.41, 5.74) is 3.98. The molecule has 4 rings (SSSR count). The van der Waals surface area contributed by atoms with E-state index < -0.39 is 0 Å². The third kappa shape index (κ3) is 3.53. The third-order valence-corrected chi connectivity index (χ3v) is 4.91. The van der Waals surface area contributed by atoms with Crippen LogP contribution in [0.4, 0.5) is 0 Å². The van der Waals surface area contributed by atoms with E-state index in [1.807, 2.05) is 41.3 Å². The van der Waals surface area contributed by atoms with Crippen LogP contribution in [0.15, 0.2) is 54.6 Å². The summed E-state index contributed by atoms with van der Waals surface area (Å²) in [4.78, 5) is 23.5. The van der Waals surface area contributed by atoms with Crippen molar-refractivity contribution in [3.63, 3.8) is 0 Å². The van der Waals surface area contributed by atoms with E-state index in [2.05, 4.69) is 22.1 Å². The number of hydrogen-bond acceptors (Lipinski definition) is 5. The number of methoxy groups -OCH3 is 2. The molecule has 0 N–H and O–H groups in total. The number of amides is 1. The minimum absolute atomic E-state index is 0.0326. The zero-order chi connectivity index (χ0) is 19.5. The summed E-state index contributed by atoms with van der Waals surface area (Å²) in [6.45, 7) is 1.38. The first kappa shape index (κ1) is 18.0. The lowest BCUT2D eigenvalue weighted by molar-refractivity contribution is 0.0734. The third-order valence-electron chi connectivity index (χ3n) is 4.91. The normalized spacial score (nSPS) is 13.0. The topological polar surface area (TPSA) is 64.6 Å². The van der Waals surface area contributed by atoms with Crippen LogP contribution in [0.3, 0.4) is 0 Å². The summed E-state index contributed by atoms with van der Waals surface area (Å²) >= 11 is 0. The highest BCUT2D eigenvalue weighted by molar-refractivity contribution is 5.94. The summed E-state index contributed by atoms with van der Waals surface area (Å²) in [5, 5.41) is 0. The van der Waals surface area contributed by atoms with Crippen LogP contribution in [-0.4, -0.2) is 41.5 Å². The molecule has 3 aromatic rings. The Morgan fingerprint density at radius 3 is 2.21 bits per heavy atom. The second kappa shape index (κ2) is 7.68. The molecule has 2 heterocycles. The first-order valence-corrected chi connectivity index (χ1v) is 9.11. The Hall–Kier alpha value is -3.41. The van der Waals surface area contributed by atoms with Gasteiger partial charge in [-0.15, -0.1) is 0 Å². The first-order chi connectivity index (χ1) is 13.7. The maximum absolute atomic E-state index is 12.9. The highest BCUT2D eigenvalue weighted by atomic mass is 16.5. The van der Waals surface area contributed by atoms with Gasteiger partial charge in [0.2, 0.25) is 11.8 Å². The number of carbonyl (C=O) groups is 1. The average molecular weight is 375 g/mol.